The van der Waals surface area contributed by atoms with Crippen molar-refractivity contribution in [3.05, 3.63) is 0 Å². The molecule has 0 bridgehead atoms. The highest BCUT2D eigenvalue weighted by molar-refractivity contribution is 4.90. The Bertz CT molecular complexity index is 203. The summed E-state index contributed by atoms with van der Waals surface area (Å²) in [6, 6.07) is 0.488. The lowest BCUT2D eigenvalue weighted by Crippen LogP contribution is -2.31. The lowest BCUT2D eigenvalue weighted by molar-refractivity contribution is 0.137. The predicted molar refractivity (Wildman–Crippen MR) is 65.5 cm³/mol. The van der Waals surface area contributed by atoms with Crippen LogP contribution in [-0.4, -0.2) is 6.04 Å². The molecule has 2 aliphatic carbocycles. The maximum Gasteiger partial charge on any atom is 0.00673 e. The summed E-state index contributed by atoms with van der Waals surface area (Å²) in [7, 11) is 0. The second-order valence-corrected chi connectivity index (χ2v) is 6.44. The fourth-order valence-electron chi connectivity index (χ4n) is 4.25. The van der Waals surface area contributed by atoms with Crippen molar-refractivity contribution in [2.24, 2.45) is 35.3 Å². The van der Waals surface area contributed by atoms with E-state index in [1.54, 1.807) is 0 Å². The minimum absolute atomic E-state index is 0.488. The van der Waals surface area contributed by atoms with Crippen LogP contribution in [0.4, 0.5) is 0 Å². The Hall–Kier alpha value is -0.0400. The lowest BCUT2D eigenvalue weighted by Gasteiger charge is -2.37. The Kier molecular flexibility index (Phi) is 3.39. The molecule has 2 aliphatic rings. The van der Waals surface area contributed by atoms with E-state index in [1.807, 2.05) is 0 Å². The van der Waals surface area contributed by atoms with Gasteiger partial charge in [0.2, 0.25) is 0 Å². The van der Waals surface area contributed by atoms with Gasteiger partial charge in [-0.2, -0.15) is 0 Å². The molecule has 0 heterocycles. The fourth-order valence-corrected chi connectivity index (χ4v) is 4.25. The van der Waals surface area contributed by atoms with Crippen molar-refractivity contribution in [1.82, 2.24) is 0 Å². The molecule has 0 aromatic carbocycles. The van der Waals surface area contributed by atoms with Gasteiger partial charge in [0.1, 0.15) is 0 Å². The molecular formula is C14H27N. The van der Waals surface area contributed by atoms with E-state index in [9.17, 15) is 0 Å². The van der Waals surface area contributed by atoms with Gasteiger partial charge < -0.3 is 5.73 Å². The van der Waals surface area contributed by atoms with Gasteiger partial charge in [-0.3, -0.25) is 0 Å². The summed E-state index contributed by atoms with van der Waals surface area (Å²) >= 11 is 0. The number of hydrogen-bond acceptors (Lipinski definition) is 1. The van der Waals surface area contributed by atoms with Crippen LogP contribution in [0.15, 0.2) is 0 Å². The van der Waals surface area contributed by atoms with Gasteiger partial charge in [-0.25, -0.2) is 0 Å². The molecule has 2 fully saturated rings. The zero-order valence-corrected chi connectivity index (χ0v) is 10.6. The lowest BCUT2D eigenvalue weighted by atomic mass is 9.69. The van der Waals surface area contributed by atoms with Gasteiger partial charge in [0.15, 0.2) is 0 Å². The first-order valence-corrected chi connectivity index (χ1v) is 6.83. The van der Waals surface area contributed by atoms with Crippen molar-refractivity contribution in [1.29, 1.82) is 0 Å². The van der Waals surface area contributed by atoms with Gasteiger partial charge in [-0.15, -0.1) is 0 Å². The third kappa shape index (κ3) is 2.38. The van der Waals surface area contributed by atoms with Crippen LogP contribution < -0.4 is 5.73 Å². The summed E-state index contributed by atoms with van der Waals surface area (Å²) in [5, 5.41) is 0. The summed E-state index contributed by atoms with van der Waals surface area (Å²) < 4.78 is 0. The van der Waals surface area contributed by atoms with Crippen LogP contribution >= 0.6 is 0 Å². The standard InChI is InChI=1S/C14H27N/c1-9-6-10(2)8-12(7-9)13-4-5-14(15)11(13)3/h9-14H,4-8,15H2,1-3H3. The summed E-state index contributed by atoms with van der Waals surface area (Å²) in [4.78, 5) is 0. The maximum atomic E-state index is 6.14. The third-order valence-corrected chi connectivity index (χ3v) is 5.00. The van der Waals surface area contributed by atoms with Crippen LogP contribution in [0, 0.1) is 29.6 Å². The molecule has 5 atom stereocenters. The minimum atomic E-state index is 0.488. The molecule has 0 aliphatic heterocycles. The van der Waals surface area contributed by atoms with Gasteiger partial charge in [0.05, 0.1) is 0 Å². The van der Waals surface area contributed by atoms with Gasteiger partial charge in [0.25, 0.3) is 0 Å². The van der Waals surface area contributed by atoms with Crippen molar-refractivity contribution in [3.63, 3.8) is 0 Å². The molecule has 88 valence electrons. The molecule has 2 saturated carbocycles. The van der Waals surface area contributed by atoms with Crippen molar-refractivity contribution in [3.8, 4) is 0 Å². The first kappa shape index (κ1) is 11.4. The van der Waals surface area contributed by atoms with E-state index >= 15 is 0 Å². The summed E-state index contributed by atoms with van der Waals surface area (Å²) in [5.74, 6) is 4.58. The quantitative estimate of drug-likeness (QED) is 0.703. The zero-order valence-electron chi connectivity index (χ0n) is 10.6. The van der Waals surface area contributed by atoms with Gasteiger partial charge in [-0.1, -0.05) is 20.8 Å². The van der Waals surface area contributed by atoms with E-state index < -0.39 is 0 Å². The monoisotopic (exact) mass is 209 g/mol. The predicted octanol–water partition coefficient (Wildman–Crippen LogP) is 3.43. The number of rotatable bonds is 1. The largest absolute Gasteiger partial charge is 0.327 e. The van der Waals surface area contributed by atoms with Gasteiger partial charge in [-0.05, 0) is 61.7 Å². The number of nitrogens with two attached hydrogens (primary N) is 1. The van der Waals surface area contributed by atoms with E-state index in [0.717, 1.165) is 29.6 Å². The second kappa shape index (κ2) is 4.45. The molecule has 1 heteroatoms. The van der Waals surface area contributed by atoms with Crippen LogP contribution in [0.5, 0.6) is 0 Å². The molecule has 15 heavy (non-hydrogen) atoms. The molecule has 0 aromatic rings. The number of hydrogen-bond donors (Lipinski definition) is 1. The minimum Gasteiger partial charge on any atom is -0.327 e. The Morgan fingerprint density at radius 1 is 0.867 bits per heavy atom. The highest BCUT2D eigenvalue weighted by Crippen LogP contribution is 2.45. The topological polar surface area (TPSA) is 26.0 Å². The van der Waals surface area contributed by atoms with Crippen molar-refractivity contribution >= 4 is 0 Å². The fraction of sp³-hybridized carbons (Fsp3) is 1.00. The van der Waals surface area contributed by atoms with Crippen molar-refractivity contribution in [2.45, 2.75) is 58.9 Å². The summed E-state index contributed by atoms with van der Waals surface area (Å²) in [5.41, 5.74) is 6.14. The molecule has 2 rings (SSSR count). The molecule has 0 radical (unpaired) electrons. The van der Waals surface area contributed by atoms with E-state index in [0.29, 0.717) is 6.04 Å². The van der Waals surface area contributed by atoms with E-state index in [1.165, 1.54) is 32.1 Å². The molecule has 5 unspecified atom stereocenters. The summed E-state index contributed by atoms with van der Waals surface area (Å²) in [6.07, 6.45) is 7.04. The first-order valence-electron chi connectivity index (χ1n) is 6.83. The highest BCUT2D eigenvalue weighted by Gasteiger charge is 2.38. The Labute approximate surface area is 94.8 Å². The molecule has 0 aromatic heterocycles. The Morgan fingerprint density at radius 3 is 1.93 bits per heavy atom. The van der Waals surface area contributed by atoms with E-state index in [4.69, 9.17) is 5.73 Å². The zero-order chi connectivity index (χ0) is 11.0. The Morgan fingerprint density at radius 2 is 1.47 bits per heavy atom. The SMILES string of the molecule is CC1CC(C)CC(C2CCC(N)C2C)C1. The average molecular weight is 209 g/mol. The molecule has 0 amide bonds. The second-order valence-electron chi connectivity index (χ2n) is 6.44. The van der Waals surface area contributed by atoms with Crippen LogP contribution in [0.2, 0.25) is 0 Å². The van der Waals surface area contributed by atoms with Crippen LogP contribution in [-0.2, 0) is 0 Å². The molecule has 2 N–H and O–H groups in total. The van der Waals surface area contributed by atoms with Crippen LogP contribution in [0.1, 0.15) is 52.9 Å². The van der Waals surface area contributed by atoms with Crippen molar-refractivity contribution < 1.29 is 0 Å². The van der Waals surface area contributed by atoms with Crippen molar-refractivity contribution in [2.75, 3.05) is 0 Å². The molecule has 1 nitrogen and oxygen atoms in total. The molecule has 0 spiro atoms. The average Bonchev–Trinajstić information content (AvgIpc) is 2.46. The van der Waals surface area contributed by atoms with Crippen LogP contribution in [0.3, 0.4) is 0 Å². The van der Waals surface area contributed by atoms with Crippen LogP contribution in [0.25, 0.3) is 0 Å². The maximum absolute atomic E-state index is 6.14. The smallest absolute Gasteiger partial charge is 0.00673 e. The van der Waals surface area contributed by atoms with E-state index in [2.05, 4.69) is 20.8 Å². The normalized spacial score (nSPS) is 52.0. The van der Waals surface area contributed by atoms with Gasteiger partial charge >= 0.3 is 0 Å². The first-order chi connectivity index (χ1) is 7.08. The highest BCUT2D eigenvalue weighted by atomic mass is 14.7. The Balaban J connectivity index is 1.98. The third-order valence-electron chi connectivity index (χ3n) is 5.00. The molecule has 0 saturated heterocycles. The van der Waals surface area contributed by atoms with E-state index in [-0.39, 0.29) is 0 Å². The molecular weight excluding hydrogens is 182 g/mol. The van der Waals surface area contributed by atoms with Gasteiger partial charge in [0, 0.05) is 6.04 Å². The summed E-state index contributed by atoms with van der Waals surface area (Å²) in [6.45, 7) is 7.25.